The van der Waals surface area contributed by atoms with Crippen molar-refractivity contribution in [1.82, 2.24) is 4.90 Å². The third kappa shape index (κ3) is 1.10. The first-order valence-electron chi connectivity index (χ1n) is 4.18. The molecule has 2 atom stereocenters. The first kappa shape index (κ1) is 7.32. The molecule has 2 aliphatic rings. The van der Waals surface area contributed by atoms with Crippen LogP contribution in [-0.4, -0.2) is 29.3 Å². The summed E-state index contributed by atoms with van der Waals surface area (Å²) in [7, 11) is 0. The van der Waals surface area contributed by atoms with Crippen LogP contribution in [-0.2, 0) is 4.74 Å². The van der Waals surface area contributed by atoms with E-state index in [0.29, 0.717) is 6.10 Å². The van der Waals surface area contributed by atoms with Crippen LogP contribution in [0.25, 0.3) is 0 Å². The van der Waals surface area contributed by atoms with E-state index in [4.69, 9.17) is 4.74 Å². The SMILES string of the molecule is CC(C)(C)N1CC2C=CC1O2. The summed E-state index contributed by atoms with van der Waals surface area (Å²) in [5, 5.41) is 0. The lowest BCUT2D eigenvalue weighted by Gasteiger charge is -2.34. The van der Waals surface area contributed by atoms with Crippen molar-refractivity contribution in [3.8, 4) is 0 Å². The first-order valence-corrected chi connectivity index (χ1v) is 4.18. The minimum Gasteiger partial charge on any atom is -0.351 e. The van der Waals surface area contributed by atoms with Crippen molar-refractivity contribution in [1.29, 1.82) is 0 Å². The molecule has 62 valence electrons. The van der Waals surface area contributed by atoms with Gasteiger partial charge in [0.25, 0.3) is 0 Å². The van der Waals surface area contributed by atoms with Crippen LogP contribution in [0.3, 0.4) is 0 Å². The Morgan fingerprint density at radius 3 is 2.36 bits per heavy atom. The summed E-state index contributed by atoms with van der Waals surface area (Å²) in [6.07, 6.45) is 4.92. The Hall–Kier alpha value is -0.340. The molecule has 0 spiro atoms. The van der Waals surface area contributed by atoms with E-state index in [1.807, 2.05) is 0 Å². The third-order valence-electron chi connectivity index (χ3n) is 2.35. The van der Waals surface area contributed by atoms with Crippen LogP contribution in [0.15, 0.2) is 12.2 Å². The van der Waals surface area contributed by atoms with Crippen LogP contribution in [0, 0.1) is 0 Å². The zero-order valence-electron chi connectivity index (χ0n) is 7.37. The van der Waals surface area contributed by atoms with Gasteiger partial charge in [-0.05, 0) is 26.8 Å². The fraction of sp³-hybridized carbons (Fsp3) is 0.778. The Labute approximate surface area is 67.8 Å². The lowest BCUT2D eigenvalue weighted by Crippen LogP contribution is -2.45. The fourth-order valence-corrected chi connectivity index (χ4v) is 1.72. The molecule has 2 rings (SSSR count). The highest BCUT2D eigenvalue weighted by Gasteiger charge is 2.39. The van der Waals surface area contributed by atoms with Crippen LogP contribution in [0.2, 0.25) is 0 Å². The second-order valence-electron chi connectivity index (χ2n) is 4.27. The van der Waals surface area contributed by atoms with Gasteiger partial charge in [0.2, 0.25) is 0 Å². The highest BCUT2D eigenvalue weighted by atomic mass is 16.5. The minimum atomic E-state index is 0.240. The van der Waals surface area contributed by atoms with Crippen molar-refractivity contribution in [3.05, 3.63) is 12.2 Å². The van der Waals surface area contributed by atoms with Gasteiger partial charge in [-0.2, -0.15) is 0 Å². The van der Waals surface area contributed by atoms with Gasteiger partial charge in [0, 0.05) is 12.1 Å². The standard InChI is InChI=1S/C9H15NO/c1-9(2,3)10-6-7-4-5-8(10)11-7/h4-5,7-8H,6H2,1-3H3. The van der Waals surface area contributed by atoms with E-state index in [2.05, 4.69) is 37.8 Å². The van der Waals surface area contributed by atoms with Gasteiger partial charge < -0.3 is 4.74 Å². The molecule has 0 aromatic rings. The van der Waals surface area contributed by atoms with Crippen LogP contribution >= 0.6 is 0 Å². The molecule has 0 aliphatic carbocycles. The molecule has 0 aromatic heterocycles. The van der Waals surface area contributed by atoms with Gasteiger partial charge >= 0.3 is 0 Å². The summed E-state index contributed by atoms with van der Waals surface area (Å²) < 4.78 is 5.63. The van der Waals surface area contributed by atoms with Crippen molar-refractivity contribution >= 4 is 0 Å². The zero-order chi connectivity index (χ0) is 8.06. The molecule has 0 radical (unpaired) electrons. The molecule has 0 N–H and O–H groups in total. The molecule has 11 heavy (non-hydrogen) atoms. The molecule has 0 amide bonds. The third-order valence-corrected chi connectivity index (χ3v) is 2.35. The summed E-state index contributed by atoms with van der Waals surface area (Å²) >= 11 is 0. The maximum Gasteiger partial charge on any atom is 0.131 e. The predicted molar refractivity (Wildman–Crippen MR) is 44.3 cm³/mol. The average Bonchev–Trinajstić information content (AvgIpc) is 2.42. The Morgan fingerprint density at radius 1 is 1.36 bits per heavy atom. The number of hydrogen-bond donors (Lipinski definition) is 0. The van der Waals surface area contributed by atoms with Crippen molar-refractivity contribution in [2.24, 2.45) is 0 Å². The molecule has 2 nitrogen and oxygen atoms in total. The van der Waals surface area contributed by atoms with Crippen molar-refractivity contribution in [3.63, 3.8) is 0 Å². The number of rotatable bonds is 0. The molecule has 0 aromatic carbocycles. The topological polar surface area (TPSA) is 12.5 Å². The van der Waals surface area contributed by atoms with Gasteiger partial charge in [0.1, 0.15) is 6.23 Å². The molecular formula is C9H15NO. The summed E-state index contributed by atoms with van der Waals surface area (Å²) in [5.74, 6) is 0. The minimum absolute atomic E-state index is 0.240. The monoisotopic (exact) mass is 153 g/mol. The van der Waals surface area contributed by atoms with Gasteiger partial charge in [-0.3, -0.25) is 4.90 Å². The summed E-state index contributed by atoms with van der Waals surface area (Å²) in [5.41, 5.74) is 0.240. The van der Waals surface area contributed by atoms with E-state index < -0.39 is 0 Å². The average molecular weight is 153 g/mol. The Morgan fingerprint density at radius 2 is 2.09 bits per heavy atom. The Balaban J connectivity index is 2.15. The highest BCUT2D eigenvalue weighted by molar-refractivity contribution is 5.10. The largest absolute Gasteiger partial charge is 0.351 e. The van der Waals surface area contributed by atoms with Crippen molar-refractivity contribution in [2.45, 2.75) is 38.6 Å². The van der Waals surface area contributed by atoms with Gasteiger partial charge in [-0.15, -0.1) is 0 Å². The second-order valence-corrected chi connectivity index (χ2v) is 4.27. The second kappa shape index (κ2) is 2.08. The summed E-state index contributed by atoms with van der Waals surface area (Å²) in [6, 6.07) is 0. The lowest BCUT2D eigenvalue weighted by atomic mass is 10.0. The van der Waals surface area contributed by atoms with Gasteiger partial charge in [0.15, 0.2) is 0 Å². The Bertz CT molecular complexity index is 192. The maximum absolute atomic E-state index is 5.63. The number of ether oxygens (including phenoxy) is 1. The molecule has 2 aliphatic heterocycles. The quantitative estimate of drug-likeness (QED) is 0.487. The molecule has 2 heterocycles. The lowest BCUT2D eigenvalue weighted by molar-refractivity contribution is 0.0254. The zero-order valence-corrected chi connectivity index (χ0v) is 7.37. The van der Waals surface area contributed by atoms with Crippen LogP contribution in [0.5, 0.6) is 0 Å². The summed E-state index contributed by atoms with van der Waals surface area (Å²) in [6.45, 7) is 7.74. The fourth-order valence-electron chi connectivity index (χ4n) is 1.72. The van der Waals surface area contributed by atoms with Gasteiger partial charge in [-0.25, -0.2) is 0 Å². The number of nitrogens with zero attached hydrogens (tertiary/aromatic N) is 1. The van der Waals surface area contributed by atoms with E-state index >= 15 is 0 Å². The van der Waals surface area contributed by atoms with Crippen molar-refractivity contribution in [2.75, 3.05) is 6.54 Å². The van der Waals surface area contributed by atoms with Gasteiger partial charge in [0.05, 0.1) is 6.10 Å². The molecule has 1 saturated heterocycles. The van der Waals surface area contributed by atoms with Gasteiger partial charge in [-0.1, -0.05) is 6.08 Å². The van der Waals surface area contributed by atoms with E-state index in [1.54, 1.807) is 0 Å². The molecular weight excluding hydrogens is 138 g/mol. The first-order chi connectivity index (χ1) is 5.07. The molecule has 2 unspecified atom stereocenters. The summed E-state index contributed by atoms with van der Waals surface area (Å²) in [4.78, 5) is 2.39. The van der Waals surface area contributed by atoms with E-state index in [0.717, 1.165) is 6.54 Å². The van der Waals surface area contributed by atoms with E-state index in [9.17, 15) is 0 Å². The molecule has 2 heteroatoms. The highest BCUT2D eigenvalue weighted by Crippen LogP contribution is 2.30. The number of fused-ring (bicyclic) bond motifs is 2. The van der Waals surface area contributed by atoms with E-state index in [1.165, 1.54) is 0 Å². The molecule has 2 bridgehead atoms. The smallest absolute Gasteiger partial charge is 0.131 e. The van der Waals surface area contributed by atoms with E-state index in [-0.39, 0.29) is 11.8 Å². The predicted octanol–water partition coefficient (Wildman–Crippen LogP) is 1.38. The van der Waals surface area contributed by atoms with Crippen LogP contribution in [0.4, 0.5) is 0 Å². The van der Waals surface area contributed by atoms with Crippen LogP contribution in [0.1, 0.15) is 20.8 Å². The van der Waals surface area contributed by atoms with Crippen LogP contribution < -0.4 is 0 Å². The molecule has 0 saturated carbocycles. The molecule has 1 fully saturated rings. The van der Waals surface area contributed by atoms with Crippen molar-refractivity contribution < 1.29 is 4.74 Å². The normalized spacial score (nSPS) is 37.0. The maximum atomic E-state index is 5.63. The Kier molecular flexibility index (Phi) is 1.38. The number of hydrogen-bond acceptors (Lipinski definition) is 2.